The first kappa shape index (κ1) is 15.2. The fourth-order valence-electron chi connectivity index (χ4n) is 1.86. The molecular formula is C14H20N2O3. The second-order valence-corrected chi connectivity index (χ2v) is 4.31. The largest absolute Gasteiger partial charge is 0.469 e. The van der Waals surface area contributed by atoms with E-state index in [1.165, 1.54) is 7.11 Å². The van der Waals surface area contributed by atoms with Crippen molar-refractivity contribution in [1.82, 2.24) is 5.32 Å². The average Bonchev–Trinajstić information content (AvgIpc) is 2.44. The highest BCUT2D eigenvalue weighted by molar-refractivity contribution is 5.79. The fraction of sp³-hybridized carbons (Fsp3) is 0.429. The molecule has 0 bridgehead atoms. The van der Waals surface area contributed by atoms with E-state index in [1.54, 1.807) is 6.92 Å². The summed E-state index contributed by atoms with van der Waals surface area (Å²) in [6.45, 7) is 2.01. The number of nitrogens with two attached hydrogens (primary N) is 1. The van der Waals surface area contributed by atoms with E-state index in [4.69, 9.17) is 10.5 Å². The Hall–Kier alpha value is -1.88. The Morgan fingerprint density at radius 2 is 1.95 bits per heavy atom. The molecule has 19 heavy (non-hydrogen) atoms. The van der Waals surface area contributed by atoms with Gasteiger partial charge in [0.2, 0.25) is 5.91 Å². The van der Waals surface area contributed by atoms with Crippen molar-refractivity contribution in [3.8, 4) is 0 Å². The summed E-state index contributed by atoms with van der Waals surface area (Å²) in [5.41, 5.74) is 6.22. The van der Waals surface area contributed by atoms with E-state index in [9.17, 15) is 9.59 Å². The first-order valence-electron chi connectivity index (χ1n) is 6.22. The SMILES string of the molecule is COC(=O)C(C)C(NC(=O)CCN)c1ccccc1. The lowest BCUT2D eigenvalue weighted by atomic mass is 9.94. The molecule has 0 radical (unpaired) electrons. The van der Waals surface area contributed by atoms with Crippen LogP contribution in [0.4, 0.5) is 0 Å². The van der Waals surface area contributed by atoms with Crippen molar-refractivity contribution in [1.29, 1.82) is 0 Å². The zero-order chi connectivity index (χ0) is 14.3. The molecule has 0 fully saturated rings. The number of rotatable bonds is 6. The number of ether oxygens (including phenoxy) is 1. The molecule has 0 aliphatic heterocycles. The number of benzene rings is 1. The highest BCUT2D eigenvalue weighted by Crippen LogP contribution is 2.23. The van der Waals surface area contributed by atoms with Gasteiger partial charge in [0.1, 0.15) is 0 Å². The molecule has 0 saturated carbocycles. The van der Waals surface area contributed by atoms with Crippen molar-refractivity contribution < 1.29 is 14.3 Å². The molecule has 0 aliphatic carbocycles. The second-order valence-electron chi connectivity index (χ2n) is 4.31. The highest BCUT2D eigenvalue weighted by Gasteiger charge is 2.27. The number of carbonyl (C=O) groups excluding carboxylic acids is 2. The van der Waals surface area contributed by atoms with Crippen LogP contribution in [0.25, 0.3) is 0 Å². The summed E-state index contributed by atoms with van der Waals surface area (Å²) < 4.78 is 4.74. The lowest BCUT2D eigenvalue weighted by Gasteiger charge is -2.24. The van der Waals surface area contributed by atoms with Crippen molar-refractivity contribution in [2.75, 3.05) is 13.7 Å². The number of nitrogens with one attached hydrogen (secondary N) is 1. The van der Waals surface area contributed by atoms with Gasteiger partial charge in [-0.15, -0.1) is 0 Å². The minimum absolute atomic E-state index is 0.174. The predicted molar refractivity (Wildman–Crippen MR) is 72.2 cm³/mol. The van der Waals surface area contributed by atoms with Crippen LogP contribution < -0.4 is 11.1 Å². The molecule has 0 spiro atoms. The fourth-order valence-corrected chi connectivity index (χ4v) is 1.86. The molecule has 1 rings (SSSR count). The molecule has 0 aliphatic rings. The van der Waals surface area contributed by atoms with E-state index in [-0.39, 0.29) is 24.8 Å². The quantitative estimate of drug-likeness (QED) is 0.751. The second kappa shape index (κ2) is 7.53. The molecule has 2 atom stereocenters. The topological polar surface area (TPSA) is 81.4 Å². The van der Waals surface area contributed by atoms with Gasteiger partial charge in [-0.2, -0.15) is 0 Å². The molecule has 1 aromatic rings. The number of methoxy groups -OCH3 is 1. The zero-order valence-electron chi connectivity index (χ0n) is 11.3. The summed E-state index contributed by atoms with van der Waals surface area (Å²) in [7, 11) is 1.34. The molecule has 2 unspecified atom stereocenters. The number of hydrogen-bond donors (Lipinski definition) is 2. The van der Waals surface area contributed by atoms with Gasteiger partial charge >= 0.3 is 5.97 Å². The van der Waals surface area contributed by atoms with E-state index in [0.29, 0.717) is 0 Å². The monoisotopic (exact) mass is 264 g/mol. The number of hydrogen-bond acceptors (Lipinski definition) is 4. The summed E-state index contributed by atoms with van der Waals surface area (Å²) >= 11 is 0. The van der Waals surface area contributed by atoms with Crippen molar-refractivity contribution in [3.63, 3.8) is 0 Å². The average molecular weight is 264 g/mol. The molecule has 5 nitrogen and oxygen atoms in total. The van der Waals surface area contributed by atoms with Gasteiger partial charge in [0.05, 0.1) is 19.1 Å². The number of amides is 1. The maximum Gasteiger partial charge on any atom is 0.310 e. The van der Waals surface area contributed by atoms with Crippen LogP contribution in [0.3, 0.4) is 0 Å². The number of esters is 1. The lowest BCUT2D eigenvalue weighted by Crippen LogP contribution is -2.36. The summed E-state index contributed by atoms with van der Waals surface area (Å²) in [4.78, 5) is 23.4. The van der Waals surface area contributed by atoms with E-state index >= 15 is 0 Å². The van der Waals surface area contributed by atoms with Crippen LogP contribution in [-0.4, -0.2) is 25.5 Å². The first-order chi connectivity index (χ1) is 9.10. The highest BCUT2D eigenvalue weighted by atomic mass is 16.5. The van der Waals surface area contributed by atoms with E-state index in [1.807, 2.05) is 30.3 Å². The van der Waals surface area contributed by atoms with Gasteiger partial charge < -0.3 is 15.8 Å². The normalized spacial score (nSPS) is 13.4. The van der Waals surface area contributed by atoms with Gasteiger partial charge in [-0.1, -0.05) is 30.3 Å². The first-order valence-corrected chi connectivity index (χ1v) is 6.22. The van der Waals surface area contributed by atoms with Crippen LogP contribution in [0.1, 0.15) is 24.9 Å². The van der Waals surface area contributed by atoms with Crippen LogP contribution >= 0.6 is 0 Å². The standard InChI is InChI=1S/C14H20N2O3/c1-10(14(18)19-2)13(16-12(17)8-9-15)11-6-4-3-5-7-11/h3-7,10,13H,8-9,15H2,1-2H3,(H,16,17). The van der Waals surface area contributed by atoms with Crippen molar-refractivity contribution in [3.05, 3.63) is 35.9 Å². The Bertz CT molecular complexity index is 420. The van der Waals surface area contributed by atoms with Crippen LogP contribution in [0.5, 0.6) is 0 Å². The van der Waals surface area contributed by atoms with Crippen LogP contribution in [0.15, 0.2) is 30.3 Å². The van der Waals surface area contributed by atoms with Crippen LogP contribution in [0, 0.1) is 5.92 Å². The van der Waals surface area contributed by atoms with E-state index in [2.05, 4.69) is 5.32 Å². The minimum Gasteiger partial charge on any atom is -0.469 e. The zero-order valence-corrected chi connectivity index (χ0v) is 11.3. The van der Waals surface area contributed by atoms with E-state index < -0.39 is 12.0 Å². The molecule has 0 aromatic heterocycles. The lowest BCUT2D eigenvalue weighted by molar-refractivity contribution is -0.146. The van der Waals surface area contributed by atoms with Gasteiger partial charge in [-0.05, 0) is 12.5 Å². The third-order valence-corrected chi connectivity index (χ3v) is 2.92. The summed E-state index contributed by atoms with van der Waals surface area (Å²) in [6, 6.07) is 8.93. The molecule has 5 heteroatoms. The Morgan fingerprint density at radius 1 is 1.32 bits per heavy atom. The Kier molecular flexibility index (Phi) is 6.02. The van der Waals surface area contributed by atoms with Crippen molar-refractivity contribution in [2.24, 2.45) is 11.7 Å². The number of carbonyl (C=O) groups is 2. The summed E-state index contributed by atoms with van der Waals surface area (Å²) in [5.74, 6) is -0.997. The molecule has 0 heterocycles. The van der Waals surface area contributed by atoms with Crippen LogP contribution in [-0.2, 0) is 14.3 Å². The molecular weight excluding hydrogens is 244 g/mol. The summed E-state index contributed by atoms with van der Waals surface area (Å²) in [5, 5.41) is 2.83. The Balaban J connectivity index is 2.91. The molecule has 0 saturated heterocycles. The van der Waals surface area contributed by atoms with E-state index in [0.717, 1.165) is 5.56 Å². The third kappa shape index (κ3) is 4.37. The van der Waals surface area contributed by atoms with Crippen molar-refractivity contribution in [2.45, 2.75) is 19.4 Å². The van der Waals surface area contributed by atoms with Gasteiger partial charge in [0, 0.05) is 13.0 Å². The van der Waals surface area contributed by atoms with Gasteiger partial charge in [-0.25, -0.2) is 0 Å². The third-order valence-electron chi connectivity index (χ3n) is 2.92. The minimum atomic E-state index is -0.464. The van der Waals surface area contributed by atoms with Gasteiger partial charge in [-0.3, -0.25) is 9.59 Å². The molecule has 1 amide bonds. The smallest absolute Gasteiger partial charge is 0.310 e. The Morgan fingerprint density at radius 3 is 2.47 bits per heavy atom. The molecule has 1 aromatic carbocycles. The van der Waals surface area contributed by atoms with Gasteiger partial charge in [0.25, 0.3) is 0 Å². The maximum absolute atomic E-state index is 11.7. The molecule has 3 N–H and O–H groups in total. The Labute approximate surface area is 113 Å². The van der Waals surface area contributed by atoms with Crippen LogP contribution in [0.2, 0.25) is 0 Å². The maximum atomic E-state index is 11.7. The summed E-state index contributed by atoms with van der Waals surface area (Å²) in [6.07, 6.45) is 0.233. The van der Waals surface area contributed by atoms with Crippen molar-refractivity contribution >= 4 is 11.9 Å². The van der Waals surface area contributed by atoms with Gasteiger partial charge in [0.15, 0.2) is 0 Å². The predicted octanol–water partition coefficient (Wildman–Crippen LogP) is 1.00. The molecule has 104 valence electrons.